The van der Waals surface area contributed by atoms with E-state index in [2.05, 4.69) is 161 Å². The van der Waals surface area contributed by atoms with Gasteiger partial charge in [-0.2, -0.15) is 0 Å². The maximum Gasteiger partial charge on any atom is 0.187 e. The zero-order valence-electron chi connectivity index (χ0n) is 34.3. The second-order valence-corrected chi connectivity index (χ2v) is 16.6. The Kier molecular flexibility index (Phi) is 9.44. The number of hydrogen-bond donors (Lipinski definition) is 0. The van der Waals surface area contributed by atoms with Gasteiger partial charge in [-0.25, -0.2) is 14.8 Å². The summed E-state index contributed by atoms with van der Waals surface area (Å²) in [5, 5.41) is 0. The third-order valence-electron chi connectivity index (χ3n) is 13.0. The molecule has 0 radical (unpaired) electrons. The number of pyridine rings is 1. The van der Waals surface area contributed by atoms with Crippen molar-refractivity contribution >= 4 is 5.69 Å². The van der Waals surface area contributed by atoms with Crippen molar-refractivity contribution in [1.29, 1.82) is 0 Å². The summed E-state index contributed by atoms with van der Waals surface area (Å²) < 4.78 is 0. The quantitative estimate of drug-likeness (QED) is 0.151. The Hall–Kier alpha value is -7.74. The first kappa shape index (κ1) is 37.3. The zero-order valence-corrected chi connectivity index (χ0v) is 34.3. The smallest absolute Gasteiger partial charge is 0.187 e. The topological polar surface area (TPSA) is 43.0 Å². The number of rotatable bonds is 7. The third-order valence-corrected chi connectivity index (χ3v) is 13.0. The molecule has 1 spiro atoms. The van der Waals surface area contributed by atoms with Crippen molar-refractivity contribution in [2.75, 3.05) is 0 Å². The molecule has 4 heteroatoms. The van der Waals surface area contributed by atoms with Crippen molar-refractivity contribution in [2.45, 2.75) is 37.5 Å². The average Bonchev–Trinajstić information content (AvgIpc) is 3.62. The van der Waals surface area contributed by atoms with Gasteiger partial charge < -0.3 is 0 Å². The monoisotopic (exact) mass is 794 g/mol. The number of nitrogens with zero attached hydrogens (tertiary/aromatic N) is 4. The lowest BCUT2D eigenvalue weighted by Gasteiger charge is -2.36. The second-order valence-electron chi connectivity index (χ2n) is 16.6. The van der Waals surface area contributed by atoms with Crippen molar-refractivity contribution in [3.8, 4) is 89.5 Å². The van der Waals surface area contributed by atoms with Crippen molar-refractivity contribution in [2.24, 2.45) is 0 Å². The second kappa shape index (κ2) is 15.7. The molecule has 0 N–H and O–H groups in total. The molecule has 0 bridgehead atoms. The van der Waals surface area contributed by atoms with Crippen LogP contribution in [0.15, 0.2) is 194 Å². The summed E-state index contributed by atoms with van der Waals surface area (Å²) in [5.41, 5.74) is 20.3. The molecular formula is C58H42N4. The molecule has 0 saturated heterocycles. The highest BCUT2D eigenvalue weighted by Gasteiger charge is 2.44. The first-order valence-corrected chi connectivity index (χ1v) is 21.6. The molecule has 294 valence electrons. The Bertz CT molecular complexity index is 3140. The zero-order chi connectivity index (χ0) is 41.5. The van der Waals surface area contributed by atoms with Gasteiger partial charge in [0.2, 0.25) is 0 Å². The number of hydrogen-bond acceptors (Lipinski definition) is 3. The van der Waals surface area contributed by atoms with E-state index in [-0.39, 0.29) is 5.41 Å². The van der Waals surface area contributed by atoms with Gasteiger partial charge in [-0.1, -0.05) is 177 Å². The fourth-order valence-corrected chi connectivity index (χ4v) is 9.94. The van der Waals surface area contributed by atoms with E-state index in [1.165, 1.54) is 63.8 Å². The van der Waals surface area contributed by atoms with Crippen LogP contribution in [0.2, 0.25) is 0 Å². The highest BCUT2D eigenvalue weighted by Crippen LogP contribution is 2.58. The van der Waals surface area contributed by atoms with Gasteiger partial charge in [0.1, 0.15) is 0 Å². The van der Waals surface area contributed by atoms with Crippen molar-refractivity contribution in [3.63, 3.8) is 0 Å². The fraction of sp³-hybridized carbons (Fsp3) is 0.103. The maximum atomic E-state index is 7.78. The van der Waals surface area contributed by atoms with Gasteiger partial charge in [0.05, 0.1) is 18.0 Å². The van der Waals surface area contributed by atoms with Crippen LogP contribution < -0.4 is 0 Å². The van der Waals surface area contributed by atoms with Gasteiger partial charge in [-0.15, -0.1) is 0 Å². The summed E-state index contributed by atoms with van der Waals surface area (Å²) in [6, 6.07) is 64.7. The van der Waals surface area contributed by atoms with Crippen molar-refractivity contribution in [1.82, 2.24) is 15.0 Å². The molecule has 11 rings (SSSR count). The molecule has 0 amide bonds. The predicted octanol–water partition coefficient (Wildman–Crippen LogP) is 15.3. The van der Waals surface area contributed by atoms with Crippen LogP contribution in [0, 0.1) is 6.57 Å². The summed E-state index contributed by atoms with van der Waals surface area (Å²) >= 11 is 0. The Balaban J connectivity index is 0.913. The van der Waals surface area contributed by atoms with E-state index in [9.17, 15) is 0 Å². The van der Waals surface area contributed by atoms with Crippen molar-refractivity contribution in [3.05, 3.63) is 217 Å². The number of fused-ring (bicyclic) bond motifs is 5. The lowest BCUT2D eigenvalue weighted by molar-refractivity contribution is 0.353. The van der Waals surface area contributed by atoms with E-state index in [4.69, 9.17) is 16.5 Å². The van der Waals surface area contributed by atoms with Crippen LogP contribution in [0.5, 0.6) is 0 Å². The van der Waals surface area contributed by atoms with Gasteiger partial charge in [-0.3, -0.25) is 4.98 Å². The van der Waals surface area contributed by atoms with Crippen LogP contribution in [-0.2, 0) is 5.41 Å². The van der Waals surface area contributed by atoms with E-state index < -0.39 is 0 Å². The van der Waals surface area contributed by atoms with Gasteiger partial charge in [0.25, 0.3) is 0 Å². The molecule has 2 aliphatic rings. The summed E-state index contributed by atoms with van der Waals surface area (Å²) in [7, 11) is 0. The van der Waals surface area contributed by atoms with Gasteiger partial charge in [-0.05, 0) is 104 Å². The highest BCUT2D eigenvalue weighted by atomic mass is 14.9. The molecule has 1 saturated carbocycles. The minimum atomic E-state index is -0.00556. The Morgan fingerprint density at radius 2 is 1.00 bits per heavy atom. The minimum Gasteiger partial charge on any atom is -0.264 e. The lowest BCUT2D eigenvalue weighted by Crippen LogP contribution is -2.28. The summed E-state index contributed by atoms with van der Waals surface area (Å²) in [6.07, 6.45) is 9.69. The van der Waals surface area contributed by atoms with Gasteiger partial charge in [0, 0.05) is 34.5 Å². The Morgan fingerprint density at radius 1 is 0.419 bits per heavy atom. The van der Waals surface area contributed by atoms with Gasteiger partial charge in [0.15, 0.2) is 11.5 Å². The van der Waals surface area contributed by atoms with Crippen LogP contribution in [0.1, 0.15) is 43.2 Å². The Morgan fingerprint density at radius 3 is 1.66 bits per heavy atom. The molecule has 7 aromatic carbocycles. The molecule has 2 aliphatic carbocycles. The SMILES string of the molecule is [C-]#[N+]c1ccc2c(c1)C1(CCCCC1)c1cccc(-c3cccc(-c4cccc(-c5ccc(-c6cc(-c7ccc(-c8cccnc8)cc7)nc(-c7ccccc7)n6)cc5)c4)c3)c1-2. The summed E-state index contributed by atoms with van der Waals surface area (Å²) in [6.45, 7) is 7.78. The molecule has 0 atom stereocenters. The fourth-order valence-electron chi connectivity index (χ4n) is 9.94. The van der Waals surface area contributed by atoms with Gasteiger partial charge >= 0.3 is 0 Å². The number of benzene rings is 7. The molecule has 9 aromatic rings. The molecule has 62 heavy (non-hydrogen) atoms. The minimum absolute atomic E-state index is 0.00556. The molecular weight excluding hydrogens is 753 g/mol. The van der Waals surface area contributed by atoms with E-state index in [0.717, 1.165) is 68.9 Å². The summed E-state index contributed by atoms with van der Waals surface area (Å²) in [5.74, 6) is 0.695. The normalized spacial score (nSPS) is 13.6. The van der Waals surface area contributed by atoms with Crippen LogP contribution in [0.4, 0.5) is 5.69 Å². The van der Waals surface area contributed by atoms with Crippen molar-refractivity contribution < 1.29 is 0 Å². The largest absolute Gasteiger partial charge is 0.264 e. The molecule has 2 heterocycles. The van der Waals surface area contributed by atoms with Crippen LogP contribution in [0.25, 0.3) is 94.4 Å². The average molecular weight is 795 g/mol. The summed E-state index contributed by atoms with van der Waals surface area (Å²) in [4.78, 5) is 18.3. The highest BCUT2D eigenvalue weighted by molar-refractivity contribution is 5.94. The van der Waals surface area contributed by atoms with Crippen LogP contribution >= 0.6 is 0 Å². The maximum absolute atomic E-state index is 7.78. The van der Waals surface area contributed by atoms with E-state index in [1.54, 1.807) is 6.20 Å². The molecule has 1 fully saturated rings. The molecule has 2 aromatic heterocycles. The first-order valence-electron chi connectivity index (χ1n) is 21.6. The standard InChI is InChI=1S/C58H42N4/c1-59-49-29-30-51-53(36-49)58(31-6-3-7-32-58)52-20-10-19-50(56(51)52)47-17-9-16-46(35-47)45-15-8-14-44(34-45)39-21-25-41(26-22-39)54-37-55(62-57(61-54)43-12-4-2-5-13-43)42-27-23-40(24-28-42)48-18-11-33-60-38-48/h2,4-5,8-30,33-38H,3,6-7,31-32H2. The predicted molar refractivity (Wildman–Crippen MR) is 253 cm³/mol. The molecule has 0 unspecified atom stereocenters. The molecule has 4 nitrogen and oxygen atoms in total. The van der Waals surface area contributed by atoms with Crippen LogP contribution in [0.3, 0.4) is 0 Å². The number of aromatic nitrogens is 3. The molecule has 0 aliphatic heterocycles. The van der Waals surface area contributed by atoms with Crippen LogP contribution in [-0.4, -0.2) is 15.0 Å². The first-order chi connectivity index (χ1) is 30.6. The van der Waals surface area contributed by atoms with E-state index in [0.29, 0.717) is 5.82 Å². The van der Waals surface area contributed by atoms with E-state index >= 15 is 0 Å². The Labute approximate surface area is 363 Å². The van der Waals surface area contributed by atoms with E-state index in [1.807, 2.05) is 36.5 Å². The lowest BCUT2D eigenvalue weighted by atomic mass is 9.67. The third kappa shape index (κ3) is 6.69.